The van der Waals surface area contributed by atoms with Gasteiger partial charge in [-0.15, -0.1) is 11.3 Å². The van der Waals surface area contributed by atoms with Crippen LogP contribution in [0.4, 0.5) is 0 Å². The van der Waals surface area contributed by atoms with Crippen molar-refractivity contribution in [3.8, 4) is 0 Å². The molecule has 164 valence electrons. The Morgan fingerprint density at radius 3 is 2.75 bits per heavy atom. The number of rotatable bonds is 5. The van der Waals surface area contributed by atoms with Gasteiger partial charge in [-0.1, -0.05) is 18.2 Å². The predicted molar refractivity (Wildman–Crippen MR) is 121 cm³/mol. The van der Waals surface area contributed by atoms with E-state index in [2.05, 4.69) is 4.98 Å². The van der Waals surface area contributed by atoms with Crippen LogP contribution in [0.2, 0.25) is 0 Å². The second-order valence-electron chi connectivity index (χ2n) is 8.03. The van der Waals surface area contributed by atoms with Crippen LogP contribution in [0.1, 0.15) is 50.6 Å². The summed E-state index contributed by atoms with van der Waals surface area (Å²) in [6.45, 7) is 1.69. The number of aromatic nitrogens is 1. The third kappa shape index (κ3) is 4.05. The first-order chi connectivity index (χ1) is 15.6. The minimum Gasteiger partial charge on any atom is -0.467 e. The fourth-order valence-electron chi connectivity index (χ4n) is 4.05. The lowest BCUT2D eigenvalue weighted by Gasteiger charge is -2.30. The number of likely N-dealkylation sites (tertiary alicyclic amines) is 1. The van der Waals surface area contributed by atoms with Gasteiger partial charge in [0.05, 0.1) is 17.8 Å². The molecule has 0 saturated carbocycles. The molecule has 0 unspecified atom stereocenters. The Kier molecular flexibility index (Phi) is 5.53. The van der Waals surface area contributed by atoms with Gasteiger partial charge in [0.1, 0.15) is 17.0 Å². The van der Waals surface area contributed by atoms with Crippen molar-refractivity contribution in [1.29, 1.82) is 0 Å². The van der Waals surface area contributed by atoms with Crippen molar-refractivity contribution in [3.63, 3.8) is 0 Å². The summed E-state index contributed by atoms with van der Waals surface area (Å²) in [5.41, 5.74) is 1.18. The summed E-state index contributed by atoms with van der Waals surface area (Å²) in [6.07, 6.45) is 3.23. The second kappa shape index (κ2) is 8.63. The molecule has 8 heteroatoms. The fraction of sp³-hybridized carbons (Fsp3) is 0.292. The zero-order valence-electron chi connectivity index (χ0n) is 17.7. The van der Waals surface area contributed by atoms with Gasteiger partial charge in [-0.3, -0.25) is 9.59 Å². The van der Waals surface area contributed by atoms with E-state index in [1.54, 1.807) is 24.3 Å². The third-order valence-corrected chi connectivity index (χ3v) is 6.84. The molecule has 0 radical (unpaired) electrons. The minimum absolute atomic E-state index is 0.0748. The molecule has 5 rings (SSSR count). The zero-order valence-corrected chi connectivity index (χ0v) is 18.5. The number of hydrogen-bond acceptors (Lipinski definition) is 6. The molecule has 32 heavy (non-hydrogen) atoms. The Morgan fingerprint density at radius 1 is 1.19 bits per heavy atom. The average Bonchev–Trinajstić information content (AvgIpc) is 3.58. The molecule has 0 atom stereocenters. The number of benzene rings is 1. The van der Waals surface area contributed by atoms with Crippen molar-refractivity contribution < 1.29 is 18.4 Å². The highest BCUT2D eigenvalue weighted by Crippen LogP contribution is 2.31. The quantitative estimate of drug-likeness (QED) is 0.438. The monoisotopic (exact) mass is 449 g/mol. The summed E-state index contributed by atoms with van der Waals surface area (Å²) in [5.74, 6) is 1.16. The molecule has 1 fully saturated rings. The van der Waals surface area contributed by atoms with E-state index in [9.17, 15) is 9.59 Å². The van der Waals surface area contributed by atoms with Crippen LogP contribution in [0.5, 0.6) is 0 Å². The summed E-state index contributed by atoms with van der Waals surface area (Å²) < 4.78 is 11.1. The molecule has 0 spiro atoms. The van der Waals surface area contributed by atoms with Crippen molar-refractivity contribution >= 4 is 34.1 Å². The predicted octanol–water partition coefficient (Wildman–Crippen LogP) is 4.77. The number of amides is 2. The van der Waals surface area contributed by atoms with Gasteiger partial charge in [0.2, 0.25) is 0 Å². The number of carbonyl (C=O) groups excluding carboxylic acids is 2. The molecule has 1 aliphatic heterocycles. The smallest absolute Gasteiger partial charge is 0.289 e. The van der Waals surface area contributed by atoms with E-state index >= 15 is 0 Å². The number of thiazole rings is 1. The minimum atomic E-state index is -0.124. The van der Waals surface area contributed by atoms with Crippen molar-refractivity contribution in [1.82, 2.24) is 14.8 Å². The Labute approximate surface area is 189 Å². The molecular weight excluding hydrogens is 426 g/mol. The second-order valence-corrected chi connectivity index (χ2v) is 8.92. The number of furan rings is 2. The van der Waals surface area contributed by atoms with Gasteiger partial charge in [-0.25, -0.2) is 4.98 Å². The highest BCUT2D eigenvalue weighted by Gasteiger charge is 2.28. The molecule has 1 aliphatic rings. The van der Waals surface area contributed by atoms with E-state index in [0.717, 1.165) is 34.6 Å². The number of nitrogens with zero attached hydrogens (tertiary/aromatic N) is 3. The summed E-state index contributed by atoms with van der Waals surface area (Å²) in [4.78, 5) is 33.6. The Morgan fingerprint density at radius 2 is 2.00 bits per heavy atom. The molecule has 0 bridgehead atoms. The maximum Gasteiger partial charge on any atom is 0.289 e. The van der Waals surface area contributed by atoms with Gasteiger partial charge in [0, 0.05) is 36.8 Å². The molecule has 7 nitrogen and oxygen atoms in total. The Bertz CT molecular complexity index is 1200. The molecule has 0 N–H and O–H groups in total. The number of fused-ring (bicyclic) bond motifs is 1. The molecule has 3 aromatic heterocycles. The maximum atomic E-state index is 12.9. The average molecular weight is 450 g/mol. The molecular formula is C24H23N3O4S. The van der Waals surface area contributed by atoms with E-state index in [1.165, 1.54) is 11.3 Å². The molecule has 4 heterocycles. The van der Waals surface area contributed by atoms with Crippen LogP contribution in [0.15, 0.2) is 62.9 Å². The zero-order chi connectivity index (χ0) is 22.1. The first kappa shape index (κ1) is 20.5. The number of hydrogen-bond donors (Lipinski definition) is 0. The molecule has 1 aromatic carbocycles. The summed E-state index contributed by atoms with van der Waals surface area (Å²) in [7, 11) is 1.74. The van der Waals surface area contributed by atoms with E-state index in [-0.39, 0.29) is 17.7 Å². The summed E-state index contributed by atoms with van der Waals surface area (Å²) in [6, 6.07) is 13.1. The molecule has 0 aliphatic carbocycles. The van der Waals surface area contributed by atoms with Crippen LogP contribution in [0.3, 0.4) is 0 Å². The first-order valence-electron chi connectivity index (χ1n) is 10.6. The van der Waals surface area contributed by atoms with Gasteiger partial charge in [0.15, 0.2) is 5.76 Å². The van der Waals surface area contributed by atoms with Gasteiger partial charge in [-0.05, 0) is 37.1 Å². The van der Waals surface area contributed by atoms with Gasteiger partial charge < -0.3 is 18.6 Å². The van der Waals surface area contributed by atoms with E-state index < -0.39 is 0 Å². The lowest BCUT2D eigenvalue weighted by atomic mass is 9.97. The number of para-hydroxylation sites is 1. The largest absolute Gasteiger partial charge is 0.467 e. The Balaban J connectivity index is 1.19. The van der Waals surface area contributed by atoms with Crippen LogP contribution in [0, 0.1) is 0 Å². The van der Waals surface area contributed by atoms with Crippen LogP contribution >= 0.6 is 11.3 Å². The number of carbonyl (C=O) groups is 2. The van der Waals surface area contributed by atoms with Crippen molar-refractivity contribution in [2.75, 3.05) is 20.1 Å². The summed E-state index contributed by atoms with van der Waals surface area (Å²) >= 11 is 1.51. The first-order valence-corrected chi connectivity index (χ1v) is 11.5. The lowest BCUT2D eigenvalue weighted by Crippen LogP contribution is -2.37. The van der Waals surface area contributed by atoms with Crippen LogP contribution in [-0.4, -0.2) is 46.7 Å². The van der Waals surface area contributed by atoms with Crippen molar-refractivity contribution in [2.24, 2.45) is 0 Å². The van der Waals surface area contributed by atoms with Gasteiger partial charge >= 0.3 is 0 Å². The lowest BCUT2D eigenvalue weighted by molar-refractivity contribution is 0.0683. The standard InChI is InChI=1S/C24H23N3O4S/c1-26(14-18-6-4-12-30-18)23(28)19-15-32-22(25-19)16-8-10-27(11-9-16)24(29)21-13-17-5-2-3-7-20(17)31-21/h2-7,12-13,15-16H,8-11,14H2,1H3. The SMILES string of the molecule is CN(Cc1ccco1)C(=O)c1csc(C2CCN(C(=O)c3cc4ccccc4o3)CC2)n1. The molecule has 2 amide bonds. The fourth-order valence-corrected chi connectivity index (χ4v) is 5.01. The van der Waals surface area contributed by atoms with Crippen LogP contribution in [-0.2, 0) is 6.54 Å². The van der Waals surface area contributed by atoms with Crippen LogP contribution in [0.25, 0.3) is 11.0 Å². The maximum absolute atomic E-state index is 12.9. The van der Waals surface area contributed by atoms with Gasteiger partial charge in [-0.2, -0.15) is 0 Å². The summed E-state index contributed by atoms with van der Waals surface area (Å²) in [5, 5.41) is 3.71. The van der Waals surface area contributed by atoms with E-state index in [4.69, 9.17) is 8.83 Å². The highest BCUT2D eigenvalue weighted by atomic mass is 32.1. The normalized spacial score (nSPS) is 14.7. The van der Waals surface area contributed by atoms with Crippen LogP contribution < -0.4 is 0 Å². The number of piperidine rings is 1. The van der Waals surface area contributed by atoms with E-state index in [0.29, 0.717) is 31.1 Å². The van der Waals surface area contributed by atoms with E-state index in [1.807, 2.05) is 46.7 Å². The Hall–Kier alpha value is -3.39. The topological polar surface area (TPSA) is 79.8 Å². The van der Waals surface area contributed by atoms with Crippen molar-refractivity contribution in [2.45, 2.75) is 25.3 Å². The highest BCUT2D eigenvalue weighted by molar-refractivity contribution is 7.09. The van der Waals surface area contributed by atoms with Gasteiger partial charge in [0.25, 0.3) is 11.8 Å². The molecule has 1 saturated heterocycles. The van der Waals surface area contributed by atoms with Crippen molar-refractivity contribution in [3.05, 3.63) is 76.3 Å². The third-order valence-electron chi connectivity index (χ3n) is 5.83. The molecule has 4 aromatic rings.